The van der Waals surface area contributed by atoms with Crippen molar-refractivity contribution in [2.75, 3.05) is 18.5 Å². The predicted octanol–water partition coefficient (Wildman–Crippen LogP) is 2.87. The molecule has 150 valence electrons. The van der Waals surface area contributed by atoms with Crippen molar-refractivity contribution in [3.8, 4) is 0 Å². The lowest BCUT2D eigenvalue weighted by Crippen LogP contribution is -2.52. The minimum atomic E-state index is -1.18. The fourth-order valence-electron chi connectivity index (χ4n) is 3.14. The molecule has 0 saturated carbocycles. The first kappa shape index (κ1) is 21.7. The van der Waals surface area contributed by atoms with Crippen molar-refractivity contribution < 1.29 is 19.4 Å². The molecular weight excluding hydrogens is 368 g/mol. The highest BCUT2D eigenvalue weighted by molar-refractivity contribution is 6.31. The standard InChI is InChI=1S/C20H29ClN2O4/c1-12(24)18(25)23-17(13-7-9-27-10-8-13)19(26)22-14-5-6-15(16(21)11-14)20(2,3)4/h5-6,11-13,17,24H,7-10H2,1-4H3,(H,22,26)(H,23,25). The number of halogens is 1. The van der Waals surface area contributed by atoms with Gasteiger partial charge in [0.2, 0.25) is 11.8 Å². The van der Waals surface area contributed by atoms with Gasteiger partial charge in [-0.1, -0.05) is 38.4 Å². The molecule has 27 heavy (non-hydrogen) atoms. The van der Waals surface area contributed by atoms with Crippen molar-refractivity contribution in [3.05, 3.63) is 28.8 Å². The summed E-state index contributed by atoms with van der Waals surface area (Å²) in [4.78, 5) is 24.8. The van der Waals surface area contributed by atoms with Crippen LogP contribution >= 0.6 is 11.6 Å². The third kappa shape index (κ3) is 5.92. The van der Waals surface area contributed by atoms with Crippen LogP contribution in [0.2, 0.25) is 5.02 Å². The Hall–Kier alpha value is -1.63. The lowest BCUT2D eigenvalue weighted by atomic mass is 9.87. The van der Waals surface area contributed by atoms with Gasteiger partial charge in [0.25, 0.3) is 0 Å². The Morgan fingerprint density at radius 3 is 2.37 bits per heavy atom. The van der Waals surface area contributed by atoms with Crippen molar-refractivity contribution in [1.82, 2.24) is 5.32 Å². The van der Waals surface area contributed by atoms with E-state index in [0.717, 1.165) is 5.56 Å². The molecule has 2 unspecified atom stereocenters. The minimum Gasteiger partial charge on any atom is -0.384 e. The molecule has 2 atom stereocenters. The van der Waals surface area contributed by atoms with Crippen molar-refractivity contribution in [2.45, 2.75) is 58.1 Å². The summed E-state index contributed by atoms with van der Waals surface area (Å²) in [6.07, 6.45) is 0.157. The van der Waals surface area contributed by atoms with Gasteiger partial charge in [-0.25, -0.2) is 0 Å². The molecule has 1 aliphatic heterocycles. The second-order valence-electron chi connectivity index (χ2n) is 8.05. The molecule has 1 fully saturated rings. The number of ether oxygens (including phenoxy) is 1. The Balaban J connectivity index is 2.17. The van der Waals surface area contributed by atoms with Crippen molar-refractivity contribution in [1.29, 1.82) is 0 Å². The highest BCUT2D eigenvalue weighted by Gasteiger charge is 2.32. The van der Waals surface area contributed by atoms with Gasteiger partial charge in [-0.2, -0.15) is 0 Å². The number of hydrogen-bond donors (Lipinski definition) is 3. The van der Waals surface area contributed by atoms with Crippen LogP contribution in [0.25, 0.3) is 0 Å². The molecule has 0 radical (unpaired) electrons. The van der Waals surface area contributed by atoms with Crippen LogP contribution in [0.1, 0.15) is 46.1 Å². The van der Waals surface area contributed by atoms with Gasteiger partial charge in [-0.15, -0.1) is 0 Å². The molecule has 0 aliphatic carbocycles. The maximum Gasteiger partial charge on any atom is 0.249 e. The Kier molecular flexibility index (Phi) is 7.25. The van der Waals surface area contributed by atoms with E-state index in [1.54, 1.807) is 6.07 Å². The summed E-state index contributed by atoms with van der Waals surface area (Å²) in [5, 5.41) is 15.6. The number of hydrogen-bond acceptors (Lipinski definition) is 4. The summed E-state index contributed by atoms with van der Waals surface area (Å²) in [7, 11) is 0. The fourth-order valence-corrected chi connectivity index (χ4v) is 3.61. The third-order valence-electron chi connectivity index (χ3n) is 4.74. The van der Waals surface area contributed by atoms with E-state index in [4.69, 9.17) is 16.3 Å². The fraction of sp³-hybridized carbons (Fsp3) is 0.600. The number of anilines is 1. The molecule has 0 aromatic heterocycles. The Morgan fingerprint density at radius 1 is 1.22 bits per heavy atom. The number of rotatable bonds is 5. The summed E-state index contributed by atoms with van der Waals surface area (Å²) in [5.41, 5.74) is 1.46. The number of amides is 2. The van der Waals surface area contributed by atoms with Crippen LogP contribution < -0.4 is 10.6 Å². The maximum atomic E-state index is 12.9. The van der Waals surface area contributed by atoms with E-state index in [0.29, 0.717) is 36.8 Å². The number of aliphatic hydroxyl groups is 1. The highest BCUT2D eigenvalue weighted by Crippen LogP contribution is 2.31. The van der Waals surface area contributed by atoms with Gasteiger partial charge in [-0.05, 0) is 48.8 Å². The van der Waals surface area contributed by atoms with Gasteiger partial charge >= 0.3 is 0 Å². The highest BCUT2D eigenvalue weighted by atomic mass is 35.5. The zero-order valence-electron chi connectivity index (χ0n) is 16.3. The second kappa shape index (κ2) is 9.04. The van der Waals surface area contributed by atoms with Crippen LogP contribution in [0.3, 0.4) is 0 Å². The van der Waals surface area contributed by atoms with Gasteiger partial charge < -0.3 is 20.5 Å². The van der Waals surface area contributed by atoms with Crippen LogP contribution in [-0.2, 0) is 19.7 Å². The average molecular weight is 397 g/mol. The summed E-state index contributed by atoms with van der Waals surface area (Å²) in [6, 6.07) is 4.69. The van der Waals surface area contributed by atoms with Gasteiger partial charge in [0.1, 0.15) is 12.1 Å². The molecule has 3 N–H and O–H groups in total. The third-order valence-corrected chi connectivity index (χ3v) is 5.05. The van der Waals surface area contributed by atoms with E-state index in [1.165, 1.54) is 6.92 Å². The van der Waals surface area contributed by atoms with Crippen molar-refractivity contribution in [3.63, 3.8) is 0 Å². The first-order valence-corrected chi connectivity index (χ1v) is 9.64. The van der Waals surface area contributed by atoms with E-state index in [9.17, 15) is 14.7 Å². The SMILES string of the molecule is CC(O)C(=O)NC(C(=O)Nc1ccc(C(C)(C)C)c(Cl)c1)C1CCOCC1. The van der Waals surface area contributed by atoms with Crippen molar-refractivity contribution >= 4 is 29.1 Å². The van der Waals surface area contributed by atoms with Crippen molar-refractivity contribution in [2.24, 2.45) is 5.92 Å². The summed E-state index contributed by atoms with van der Waals surface area (Å²) in [6.45, 7) is 8.67. The molecule has 0 spiro atoms. The summed E-state index contributed by atoms with van der Waals surface area (Å²) >= 11 is 6.38. The molecule has 7 heteroatoms. The Bertz CT molecular complexity index is 679. The normalized spacial score (nSPS) is 17.9. The number of nitrogens with one attached hydrogen (secondary N) is 2. The van der Waals surface area contributed by atoms with Crippen LogP contribution in [0.4, 0.5) is 5.69 Å². The molecular formula is C20H29ClN2O4. The van der Waals surface area contributed by atoms with E-state index < -0.39 is 18.1 Å². The number of carbonyl (C=O) groups is 2. The minimum absolute atomic E-state index is 0.0502. The first-order valence-electron chi connectivity index (χ1n) is 9.26. The van der Waals surface area contributed by atoms with Crippen LogP contribution in [0, 0.1) is 5.92 Å². The van der Waals surface area contributed by atoms with Gasteiger partial charge in [0.15, 0.2) is 0 Å². The number of aliphatic hydroxyl groups excluding tert-OH is 1. The number of benzene rings is 1. The predicted molar refractivity (Wildman–Crippen MR) is 106 cm³/mol. The van der Waals surface area contributed by atoms with E-state index >= 15 is 0 Å². The molecule has 1 heterocycles. The topological polar surface area (TPSA) is 87.7 Å². The Morgan fingerprint density at radius 2 is 1.85 bits per heavy atom. The van der Waals surface area contributed by atoms with Crippen LogP contribution in [0.5, 0.6) is 0 Å². The van der Waals surface area contributed by atoms with Gasteiger partial charge in [0, 0.05) is 23.9 Å². The molecule has 1 saturated heterocycles. The molecule has 1 aromatic rings. The summed E-state index contributed by atoms with van der Waals surface area (Å²) in [5.74, 6) is -0.941. The van der Waals surface area contributed by atoms with Gasteiger partial charge in [0.05, 0.1) is 0 Å². The zero-order chi connectivity index (χ0) is 20.2. The van der Waals surface area contributed by atoms with E-state index in [2.05, 4.69) is 31.4 Å². The lowest BCUT2D eigenvalue weighted by molar-refractivity contribution is -0.133. The lowest BCUT2D eigenvalue weighted by Gasteiger charge is -2.30. The van der Waals surface area contributed by atoms with Crippen LogP contribution in [0.15, 0.2) is 18.2 Å². The molecule has 6 nitrogen and oxygen atoms in total. The monoisotopic (exact) mass is 396 g/mol. The van der Waals surface area contributed by atoms with Gasteiger partial charge in [-0.3, -0.25) is 9.59 Å². The molecule has 1 aliphatic rings. The summed E-state index contributed by atoms with van der Waals surface area (Å²) < 4.78 is 5.35. The average Bonchev–Trinajstić information content (AvgIpc) is 2.58. The molecule has 2 amide bonds. The quantitative estimate of drug-likeness (QED) is 0.714. The molecule has 0 bridgehead atoms. The largest absolute Gasteiger partial charge is 0.384 e. The smallest absolute Gasteiger partial charge is 0.249 e. The maximum absolute atomic E-state index is 12.9. The van der Waals surface area contributed by atoms with Crippen LogP contribution in [-0.4, -0.2) is 42.3 Å². The van der Waals surface area contributed by atoms with E-state index in [-0.39, 0.29) is 17.2 Å². The molecule has 1 aromatic carbocycles. The Labute approximate surface area is 165 Å². The number of carbonyl (C=O) groups excluding carboxylic acids is 2. The zero-order valence-corrected chi connectivity index (χ0v) is 17.1. The first-order chi connectivity index (χ1) is 12.6. The molecule has 2 rings (SSSR count). The van der Waals surface area contributed by atoms with E-state index in [1.807, 2.05) is 12.1 Å². The second-order valence-corrected chi connectivity index (χ2v) is 8.45.